The predicted octanol–water partition coefficient (Wildman–Crippen LogP) is 4.12. The van der Waals surface area contributed by atoms with Gasteiger partial charge in [0.1, 0.15) is 6.61 Å². The molecule has 0 spiro atoms. The van der Waals surface area contributed by atoms with Crippen LogP contribution in [0.3, 0.4) is 0 Å². The number of amides is 2. The number of carboxylic acids is 1. The number of aliphatic carboxylic acids is 1. The number of likely N-dealkylation sites (tertiary alicyclic amines) is 1. The summed E-state index contributed by atoms with van der Waals surface area (Å²) in [4.78, 5) is 38.1. The number of hydrogen-bond donors (Lipinski definition) is 2. The van der Waals surface area contributed by atoms with E-state index in [2.05, 4.69) is 29.6 Å². The maximum Gasteiger partial charge on any atom is 0.407 e. The van der Waals surface area contributed by atoms with Gasteiger partial charge in [0.15, 0.2) is 0 Å². The van der Waals surface area contributed by atoms with Crippen LogP contribution in [0.4, 0.5) is 4.79 Å². The summed E-state index contributed by atoms with van der Waals surface area (Å²) < 4.78 is 5.58. The smallest absolute Gasteiger partial charge is 0.407 e. The molecule has 1 aliphatic heterocycles. The topological polar surface area (TPSA) is 95.9 Å². The zero-order valence-corrected chi connectivity index (χ0v) is 19.7. The first-order valence-electron chi connectivity index (χ1n) is 12.0. The molecule has 7 nitrogen and oxygen atoms in total. The number of alkyl carbamates (subject to hydrolysis) is 1. The predicted molar refractivity (Wildman–Crippen MR) is 128 cm³/mol. The van der Waals surface area contributed by atoms with Crippen LogP contribution in [0.1, 0.15) is 43.7 Å². The van der Waals surface area contributed by atoms with E-state index in [1.165, 1.54) is 11.1 Å². The van der Waals surface area contributed by atoms with Gasteiger partial charge in [0, 0.05) is 32.0 Å². The molecule has 7 heteroatoms. The summed E-state index contributed by atoms with van der Waals surface area (Å²) in [6.45, 7) is 5.15. The maximum absolute atomic E-state index is 12.7. The summed E-state index contributed by atoms with van der Waals surface area (Å²) in [7, 11) is 0. The summed E-state index contributed by atoms with van der Waals surface area (Å²) in [6.07, 6.45) is 0.508. The molecule has 2 N–H and O–H groups in total. The number of hydrogen-bond acceptors (Lipinski definition) is 4. The Morgan fingerprint density at radius 3 is 2.24 bits per heavy atom. The largest absolute Gasteiger partial charge is 0.481 e. The molecule has 2 aliphatic rings. The van der Waals surface area contributed by atoms with Crippen molar-refractivity contribution in [1.29, 1.82) is 0 Å². The van der Waals surface area contributed by atoms with Crippen molar-refractivity contribution in [2.45, 2.75) is 32.6 Å². The van der Waals surface area contributed by atoms with E-state index in [9.17, 15) is 19.5 Å². The van der Waals surface area contributed by atoms with Gasteiger partial charge in [0.2, 0.25) is 5.91 Å². The van der Waals surface area contributed by atoms with Crippen LogP contribution in [0.2, 0.25) is 0 Å². The molecule has 0 bridgehead atoms. The van der Waals surface area contributed by atoms with E-state index in [1.54, 1.807) is 4.90 Å². The second kappa shape index (κ2) is 10.3. The Morgan fingerprint density at radius 1 is 1.06 bits per heavy atom. The van der Waals surface area contributed by atoms with Gasteiger partial charge in [-0.1, -0.05) is 68.8 Å². The quantitative estimate of drug-likeness (QED) is 0.613. The van der Waals surface area contributed by atoms with Gasteiger partial charge >= 0.3 is 12.1 Å². The molecule has 1 aliphatic carbocycles. The number of nitrogens with zero attached hydrogens (tertiary/aromatic N) is 1. The van der Waals surface area contributed by atoms with Crippen LogP contribution in [-0.2, 0) is 14.3 Å². The summed E-state index contributed by atoms with van der Waals surface area (Å²) >= 11 is 0. The maximum atomic E-state index is 12.7. The zero-order chi connectivity index (χ0) is 24.2. The van der Waals surface area contributed by atoms with E-state index < -0.39 is 18.0 Å². The molecule has 1 saturated heterocycles. The highest BCUT2D eigenvalue weighted by molar-refractivity contribution is 5.80. The van der Waals surface area contributed by atoms with E-state index in [4.69, 9.17) is 4.74 Å². The molecular formula is C27H32N2O5. The summed E-state index contributed by atoms with van der Waals surface area (Å²) in [6, 6.07) is 16.4. The Labute approximate surface area is 200 Å². The highest BCUT2D eigenvalue weighted by Crippen LogP contribution is 2.44. The molecular weight excluding hydrogens is 432 g/mol. The van der Waals surface area contributed by atoms with Crippen molar-refractivity contribution in [2.24, 2.45) is 17.8 Å². The molecule has 3 atom stereocenters. The van der Waals surface area contributed by atoms with E-state index in [-0.39, 0.29) is 43.2 Å². The van der Waals surface area contributed by atoms with Crippen molar-refractivity contribution < 1.29 is 24.2 Å². The second-order valence-electron chi connectivity index (χ2n) is 9.41. The molecule has 1 fully saturated rings. The van der Waals surface area contributed by atoms with Crippen molar-refractivity contribution >= 4 is 18.0 Å². The average molecular weight is 465 g/mol. The third-order valence-electron chi connectivity index (χ3n) is 7.20. The Bertz CT molecular complexity index is 1020. The lowest BCUT2D eigenvalue weighted by atomic mass is 9.98. The minimum absolute atomic E-state index is 0.000960. The first-order chi connectivity index (χ1) is 16.4. The molecule has 2 aromatic carbocycles. The van der Waals surface area contributed by atoms with Crippen molar-refractivity contribution in [3.8, 4) is 11.1 Å². The van der Waals surface area contributed by atoms with E-state index in [0.29, 0.717) is 13.1 Å². The van der Waals surface area contributed by atoms with Crippen LogP contribution in [0, 0.1) is 17.8 Å². The summed E-state index contributed by atoms with van der Waals surface area (Å²) in [5.74, 6) is -1.51. The van der Waals surface area contributed by atoms with Crippen LogP contribution < -0.4 is 5.32 Å². The molecule has 0 radical (unpaired) electrons. The number of benzene rings is 2. The Balaban J connectivity index is 1.28. The molecule has 3 unspecified atom stereocenters. The molecule has 4 rings (SSSR count). The van der Waals surface area contributed by atoms with Crippen LogP contribution in [-0.4, -0.2) is 54.2 Å². The number of fused-ring (bicyclic) bond motifs is 3. The van der Waals surface area contributed by atoms with Crippen LogP contribution >= 0.6 is 0 Å². The summed E-state index contributed by atoms with van der Waals surface area (Å²) in [5.41, 5.74) is 4.68. The second-order valence-corrected chi connectivity index (χ2v) is 9.41. The highest BCUT2D eigenvalue weighted by atomic mass is 16.5. The number of ether oxygens (including phenoxy) is 1. The molecule has 0 aromatic heterocycles. The first-order valence-corrected chi connectivity index (χ1v) is 12.0. The lowest BCUT2D eigenvalue weighted by Crippen LogP contribution is -2.35. The van der Waals surface area contributed by atoms with Crippen LogP contribution in [0.5, 0.6) is 0 Å². The molecule has 34 heavy (non-hydrogen) atoms. The molecule has 0 saturated carbocycles. The number of carbonyl (C=O) groups is 3. The normalized spacial score (nSPS) is 19.9. The van der Waals surface area contributed by atoms with Gasteiger partial charge in [-0.3, -0.25) is 9.59 Å². The SMILES string of the molecule is CCC(CNC(=O)OCC1c2ccccc2-c2ccccc21)CC(=O)N1CC(C)C(C(=O)O)C1. The van der Waals surface area contributed by atoms with Crippen molar-refractivity contribution in [1.82, 2.24) is 10.2 Å². The van der Waals surface area contributed by atoms with Gasteiger partial charge in [0.25, 0.3) is 0 Å². The van der Waals surface area contributed by atoms with Gasteiger partial charge < -0.3 is 20.1 Å². The van der Waals surface area contributed by atoms with E-state index >= 15 is 0 Å². The van der Waals surface area contributed by atoms with Crippen molar-refractivity contribution in [3.05, 3.63) is 59.7 Å². The molecule has 2 aromatic rings. The Hall–Kier alpha value is -3.35. The standard InChI is InChI=1S/C27H32N2O5/c1-3-18(12-25(30)29-14-17(2)23(15-29)26(31)32)13-28-27(33)34-16-24-21-10-6-4-8-19(21)20-9-5-7-11-22(20)24/h4-11,17-18,23-24H,3,12-16H2,1-2H3,(H,28,33)(H,31,32). The third kappa shape index (κ3) is 4.93. The highest BCUT2D eigenvalue weighted by Gasteiger charge is 2.37. The van der Waals surface area contributed by atoms with Crippen LogP contribution in [0.15, 0.2) is 48.5 Å². The fourth-order valence-electron chi connectivity index (χ4n) is 5.11. The fourth-order valence-corrected chi connectivity index (χ4v) is 5.11. The van der Waals surface area contributed by atoms with Gasteiger partial charge in [0.05, 0.1) is 5.92 Å². The Kier molecular flexibility index (Phi) is 7.20. The third-order valence-corrected chi connectivity index (χ3v) is 7.20. The van der Waals surface area contributed by atoms with E-state index in [0.717, 1.165) is 17.5 Å². The van der Waals surface area contributed by atoms with Crippen LogP contribution in [0.25, 0.3) is 11.1 Å². The number of carboxylic acid groups (broad SMARTS) is 1. The fraction of sp³-hybridized carbons (Fsp3) is 0.444. The molecule has 180 valence electrons. The van der Waals surface area contributed by atoms with E-state index in [1.807, 2.05) is 38.1 Å². The van der Waals surface area contributed by atoms with Gasteiger partial charge in [-0.15, -0.1) is 0 Å². The Morgan fingerprint density at radius 2 is 1.68 bits per heavy atom. The number of rotatable bonds is 8. The van der Waals surface area contributed by atoms with Crippen molar-refractivity contribution in [2.75, 3.05) is 26.2 Å². The van der Waals surface area contributed by atoms with Gasteiger partial charge in [-0.2, -0.15) is 0 Å². The minimum Gasteiger partial charge on any atom is -0.481 e. The van der Waals surface area contributed by atoms with Gasteiger partial charge in [-0.25, -0.2) is 4.79 Å². The number of carbonyl (C=O) groups excluding carboxylic acids is 2. The number of nitrogens with one attached hydrogen (secondary N) is 1. The molecule has 2 amide bonds. The average Bonchev–Trinajstić information content (AvgIpc) is 3.38. The lowest BCUT2D eigenvalue weighted by molar-refractivity contribution is -0.142. The lowest BCUT2D eigenvalue weighted by Gasteiger charge is -2.21. The van der Waals surface area contributed by atoms with Gasteiger partial charge in [-0.05, 0) is 34.1 Å². The summed E-state index contributed by atoms with van der Waals surface area (Å²) in [5, 5.41) is 12.1. The minimum atomic E-state index is -0.855. The zero-order valence-electron chi connectivity index (χ0n) is 19.7. The first kappa shape index (κ1) is 23.8. The monoisotopic (exact) mass is 464 g/mol. The molecule has 1 heterocycles. The van der Waals surface area contributed by atoms with Crippen molar-refractivity contribution in [3.63, 3.8) is 0 Å².